The molecule has 1 aromatic rings. The average Bonchev–Trinajstić information content (AvgIpc) is 2.68. The summed E-state index contributed by atoms with van der Waals surface area (Å²) in [6.45, 7) is 1.63. The number of nitrogens with two attached hydrogens (primary N) is 2. The quantitative estimate of drug-likeness (QED) is 0.742. The number of hydrogen-bond acceptors (Lipinski definition) is 4. The minimum Gasteiger partial charge on any atom is -0.371 e. The Balaban J connectivity index is 1.37. The number of nitrogens with one attached hydrogen (secondary N) is 1. The Kier molecular flexibility index (Phi) is 5.58. The molecule has 2 saturated carbocycles. The summed E-state index contributed by atoms with van der Waals surface area (Å²) in [5.74, 6) is 0.995. The van der Waals surface area contributed by atoms with Crippen molar-refractivity contribution >= 4 is 23.2 Å². The zero-order chi connectivity index (χ0) is 19.7. The van der Waals surface area contributed by atoms with E-state index in [1.165, 1.54) is 6.42 Å². The van der Waals surface area contributed by atoms with Crippen LogP contribution in [0, 0.1) is 23.7 Å². The van der Waals surface area contributed by atoms with Gasteiger partial charge >= 0.3 is 0 Å². The normalized spacial score (nSPS) is 30.7. The maximum Gasteiger partial charge on any atom is 0.227 e. The maximum absolute atomic E-state index is 12.9. The molecule has 6 heteroatoms. The molecule has 1 aliphatic heterocycles. The number of benzene rings is 1. The molecule has 2 unspecified atom stereocenters. The SMILES string of the molecule is NC(=O)C1CCN(c2cccc(NC(=O)C3CC4CCCC(C3)C4N)c2)CC1. The molecular formula is C22H32N4O2. The van der Waals surface area contributed by atoms with Crippen molar-refractivity contribution in [2.45, 2.75) is 51.0 Å². The van der Waals surface area contributed by atoms with Gasteiger partial charge in [-0.2, -0.15) is 0 Å². The van der Waals surface area contributed by atoms with Crippen LogP contribution in [0.3, 0.4) is 0 Å². The van der Waals surface area contributed by atoms with Crippen LogP contribution in [0.2, 0.25) is 0 Å². The number of carbonyl (C=O) groups excluding carboxylic acids is 2. The summed E-state index contributed by atoms with van der Waals surface area (Å²) in [7, 11) is 0. The molecule has 2 aliphatic carbocycles. The average molecular weight is 385 g/mol. The van der Waals surface area contributed by atoms with Gasteiger partial charge in [-0.3, -0.25) is 9.59 Å². The first-order valence-electron chi connectivity index (χ1n) is 10.7. The summed E-state index contributed by atoms with van der Waals surface area (Å²) in [6, 6.07) is 8.32. The number of rotatable bonds is 4. The lowest BCUT2D eigenvalue weighted by atomic mass is 9.65. The minimum absolute atomic E-state index is 0.0174. The molecular weight excluding hydrogens is 352 g/mol. The van der Waals surface area contributed by atoms with Gasteiger partial charge in [0.2, 0.25) is 11.8 Å². The van der Waals surface area contributed by atoms with Crippen molar-refractivity contribution in [3.05, 3.63) is 24.3 Å². The molecule has 0 spiro atoms. The number of anilines is 2. The van der Waals surface area contributed by atoms with Crippen molar-refractivity contribution in [2.75, 3.05) is 23.3 Å². The zero-order valence-corrected chi connectivity index (χ0v) is 16.5. The molecule has 2 atom stereocenters. The third-order valence-corrected chi connectivity index (χ3v) is 7.16. The molecule has 6 nitrogen and oxygen atoms in total. The molecule has 5 N–H and O–H groups in total. The van der Waals surface area contributed by atoms with Crippen molar-refractivity contribution in [1.29, 1.82) is 0 Å². The fourth-order valence-electron chi connectivity index (χ4n) is 5.45. The van der Waals surface area contributed by atoms with Gasteiger partial charge in [0.25, 0.3) is 0 Å². The van der Waals surface area contributed by atoms with Crippen LogP contribution < -0.4 is 21.7 Å². The van der Waals surface area contributed by atoms with Crippen LogP contribution >= 0.6 is 0 Å². The third-order valence-electron chi connectivity index (χ3n) is 7.16. The van der Waals surface area contributed by atoms with Gasteiger partial charge in [-0.05, 0) is 68.6 Å². The van der Waals surface area contributed by atoms with E-state index in [9.17, 15) is 9.59 Å². The maximum atomic E-state index is 12.9. The van der Waals surface area contributed by atoms with Gasteiger partial charge < -0.3 is 21.7 Å². The molecule has 4 rings (SSSR count). The molecule has 152 valence electrons. The second-order valence-electron chi connectivity index (χ2n) is 8.90. The third kappa shape index (κ3) is 4.02. The number of carbonyl (C=O) groups is 2. The predicted molar refractivity (Wildman–Crippen MR) is 111 cm³/mol. The summed E-state index contributed by atoms with van der Waals surface area (Å²) < 4.78 is 0. The lowest BCUT2D eigenvalue weighted by Crippen LogP contribution is -2.48. The van der Waals surface area contributed by atoms with Gasteiger partial charge in [-0.25, -0.2) is 0 Å². The van der Waals surface area contributed by atoms with Crippen LogP contribution in [0.15, 0.2) is 24.3 Å². The smallest absolute Gasteiger partial charge is 0.227 e. The number of piperidine rings is 1. The summed E-state index contributed by atoms with van der Waals surface area (Å²) >= 11 is 0. The number of primary amides is 1. The molecule has 1 aromatic carbocycles. The summed E-state index contributed by atoms with van der Waals surface area (Å²) in [5.41, 5.74) is 13.7. The first-order chi connectivity index (χ1) is 13.5. The van der Waals surface area contributed by atoms with Crippen LogP contribution in [0.4, 0.5) is 11.4 Å². The summed E-state index contributed by atoms with van der Waals surface area (Å²) in [6.07, 6.45) is 7.00. The van der Waals surface area contributed by atoms with E-state index < -0.39 is 0 Å². The van der Waals surface area contributed by atoms with Crippen LogP contribution in [0.25, 0.3) is 0 Å². The standard InChI is InChI=1S/C22H32N4O2/c23-20-15-3-1-4-16(20)12-17(11-15)22(28)25-18-5-2-6-19(13-18)26-9-7-14(8-10-26)21(24)27/h2,5-6,13-17,20H,1,3-4,7-12,23H2,(H2,24,27)(H,25,28). The van der Waals surface area contributed by atoms with Crippen LogP contribution in [0.5, 0.6) is 0 Å². The molecule has 2 bridgehead atoms. The Morgan fingerprint density at radius 2 is 1.68 bits per heavy atom. The fourth-order valence-corrected chi connectivity index (χ4v) is 5.45. The predicted octanol–water partition coefficient (Wildman–Crippen LogP) is 2.48. The molecule has 1 heterocycles. The van der Waals surface area contributed by atoms with E-state index >= 15 is 0 Å². The largest absolute Gasteiger partial charge is 0.371 e. The first kappa shape index (κ1) is 19.2. The van der Waals surface area contributed by atoms with Gasteiger partial charge in [-0.15, -0.1) is 0 Å². The van der Waals surface area contributed by atoms with E-state index in [0.29, 0.717) is 11.8 Å². The molecule has 0 aromatic heterocycles. The van der Waals surface area contributed by atoms with E-state index in [0.717, 1.165) is 63.0 Å². The highest BCUT2D eigenvalue weighted by molar-refractivity contribution is 5.93. The van der Waals surface area contributed by atoms with Crippen LogP contribution in [-0.2, 0) is 9.59 Å². The van der Waals surface area contributed by atoms with E-state index in [1.54, 1.807) is 0 Å². The van der Waals surface area contributed by atoms with Crippen molar-refractivity contribution in [2.24, 2.45) is 35.1 Å². The fraction of sp³-hybridized carbons (Fsp3) is 0.636. The summed E-state index contributed by atoms with van der Waals surface area (Å²) in [5, 5.41) is 3.14. The number of nitrogens with zero attached hydrogens (tertiary/aromatic N) is 1. The van der Waals surface area contributed by atoms with Gasteiger partial charge in [0.15, 0.2) is 0 Å². The molecule has 3 aliphatic rings. The van der Waals surface area contributed by atoms with Crippen molar-refractivity contribution in [3.63, 3.8) is 0 Å². The van der Waals surface area contributed by atoms with E-state index in [4.69, 9.17) is 11.5 Å². The minimum atomic E-state index is -0.197. The molecule has 28 heavy (non-hydrogen) atoms. The topological polar surface area (TPSA) is 101 Å². The Bertz CT molecular complexity index is 715. The monoisotopic (exact) mass is 384 g/mol. The Labute approximate surface area is 167 Å². The Hall–Kier alpha value is -2.08. The Morgan fingerprint density at radius 3 is 2.32 bits per heavy atom. The van der Waals surface area contributed by atoms with Crippen molar-refractivity contribution in [1.82, 2.24) is 0 Å². The van der Waals surface area contributed by atoms with Gasteiger partial charge in [-0.1, -0.05) is 12.5 Å². The Morgan fingerprint density at radius 1 is 1.00 bits per heavy atom. The highest BCUT2D eigenvalue weighted by Crippen LogP contribution is 2.42. The number of hydrogen-bond donors (Lipinski definition) is 3. The molecule has 2 amide bonds. The number of amides is 2. The van der Waals surface area contributed by atoms with E-state index in [-0.39, 0.29) is 29.7 Å². The summed E-state index contributed by atoms with van der Waals surface area (Å²) in [4.78, 5) is 26.5. The second-order valence-corrected chi connectivity index (χ2v) is 8.90. The van der Waals surface area contributed by atoms with Gasteiger partial charge in [0, 0.05) is 42.3 Å². The highest BCUT2D eigenvalue weighted by atomic mass is 16.2. The van der Waals surface area contributed by atoms with Crippen molar-refractivity contribution in [3.8, 4) is 0 Å². The number of fused-ring (bicyclic) bond motifs is 2. The zero-order valence-electron chi connectivity index (χ0n) is 16.5. The van der Waals surface area contributed by atoms with E-state index in [2.05, 4.69) is 16.3 Å². The molecule has 0 radical (unpaired) electrons. The first-order valence-corrected chi connectivity index (χ1v) is 10.7. The lowest BCUT2D eigenvalue weighted by Gasteiger charge is -2.43. The van der Waals surface area contributed by atoms with Crippen LogP contribution in [-0.4, -0.2) is 30.9 Å². The van der Waals surface area contributed by atoms with Gasteiger partial charge in [0.1, 0.15) is 0 Å². The molecule has 1 saturated heterocycles. The van der Waals surface area contributed by atoms with Gasteiger partial charge in [0.05, 0.1) is 0 Å². The highest BCUT2D eigenvalue weighted by Gasteiger charge is 2.40. The molecule has 3 fully saturated rings. The van der Waals surface area contributed by atoms with E-state index in [1.807, 2.05) is 18.2 Å². The lowest BCUT2D eigenvalue weighted by molar-refractivity contribution is -0.123. The van der Waals surface area contributed by atoms with Crippen LogP contribution in [0.1, 0.15) is 44.9 Å². The van der Waals surface area contributed by atoms with Crippen molar-refractivity contribution < 1.29 is 9.59 Å². The second kappa shape index (κ2) is 8.11.